The van der Waals surface area contributed by atoms with Crippen LogP contribution >= 0.6 is 12.2 Å². The van der Waals surface area contributed by atoms with E-state index in [-0.39, 0.29) is 5.69 Å². The minimum Gasteiger partial charge on any atom is -0.373 e. The molecule has 0 saturated carbocycles. The maximum Gasteiger partial charge on any atom is 0.330 e. The lowest BCUT2D eigenvalue weighted by atomic mass is 10.2. The molecule has 0 amide bonds. The molecule has 0 bridgehead atoms. The zero-order valence-corrected chi connectivity index (χ0v) is 14.4. The third-order valence-corrected chi connectivity index (χ3v) is 3.97. The lowest BCUT2D eigenvalue weighted by Crippen LogP contribution is -2.28. The predicted molar refractivity (Wildman–Crippen MR) is 89.3 cm³/mol. The molecular weight excluding hydrogens is 286 g/mol. The highest BCUT2D eigenvalue weighted by molar-refractivity contribution is 7.71. The number of hydrogen-bond acceptors (Lipinski definition) is 4. The van der Waals surface area contributed by atoms with Crippen LogP contribution in [0.4, 0.5) is 5.82 Å². The lowest BCUT2D eigenvalue weighted by molar-refractivity contribution is 0.391. The van der Waals surface area contributed by atoms with Crippen molar-refractivity contribution in [2.75, 3.05) is 6.61 Å². The number of ether oxygens (including phenoxy) is 1. The molecule has 0 aliphatic carbocycles. The molecule has 5 nitrogen and oxygen atoms in total. The summed E-state index contributed by atoms with van der Waals surface area (Å²) in [5, 5.41) is 0. The predicted octanol–water partition coefficient (Wildman–Crippen LogP) is 3.06. The highest BCUT2D eigenvalue weighted by Crippen LogP contribution is 2.16. The van der Waals surface area contributed by atoms with Crippen LogP contribution in [0.25, 0.3) is 0 Å². The summed E-state index contributed by atoms with van der Waals surface area (Å²) in [6.07, 6.45) is 6.23. The molecule has 1 aliphatic rings. The highest BCUT2D eigenvalue weighted by atomic mass is 32.1. The van der Waals surface area contributed by atoms with Gasteiger partial charge in [0.25, 0.3) is 0 Å². The second-order valence-electron chi connectivity index (χ2n) is 5.14. The largest absolute Gasteiger partial charge is 0.373 e. The van der Waals surface area contributed by atoms with Crippen molar-refractivity contribution in [3.63, 3.8) is 0 Å². The van der Waals surface area contributed by atoms with Gasteiger partial charge in [0.1, 0.15) is 10.5 Å². The van der Waals surface area contributed by atoms with E-state index in [0.717, 1.165) is 12.2 Å². The minimum atomic E-state index is -0.152. The molecular formula is C15H25N3O2S. The van der Waals surface area contributed by atoms with E-state index >= 15 is 0 Å². The molecule has 0 spiro atoms. The first kappa shape index (κ1) is 17.8. The van der Waals surface area contributed by atoms with Crippen LogP contribution in [0.2, 0.25) is 0 Å². The van der Waals surface area contributed by atoms with E-state index in [1.807, 2.05) is 6.92 Å². The fraction of sp³-hybridized carbons (Fsp3) is 0.667. The van der Waals surface area contributed by atoms with Gasteiger partial charge in [-0.05, 0) is 20.3 Å². The van der Waals surface area contributed by atoms with Gasteiger partial charge in [-0.3, -0.25) is 9.13 Å². The molecule has 1 fully saturated rings. The lowest BCUT2D eigenvalue weighted by Gasteiger charge is -2.09. The van der Waals surface area contributed by atoms with Gasteiger partial charge in [-0.2, -0.15) is 0 Å². The highest BCUT2D eigenvalue weighted by Gasteiger charge is 2.20. The van der Waals surface area contributed by atoms with Crippen molar-refractivity contribution >= 4 is 24.3 Å². The fourth-order valence-electron chi connectivity index (χ4n) is 1.97. The zero-order valence-electron chi connectivity index (χ0n) is 13.5. The Kier molecular flexibility index (Phi) is 6.98. The van der Waals surface area contributed by atoms with Gasteiger partial charge in [0.2, 0.25) is 0 Å². The molecule has 21 heavy (non-hydrogen) atoms. The number of hydrogen-bond donors (Lipinski definition) is 0. The fourth-order valence-corrected chi connectivity index (χ4v) is 2.14. The molecule has 1 aliphatic heterocycles. The summed E-state index contributed by atoms with van der Waals surface area (Å²) >= 11 is 5.12. The van der Waals surface area contributed by atoms with Crippen LogP contribution in [-0.2, 0) is 18.8 Å². The van der Waals surface area contributed by atoms with Crippen LogP contribution in [0, 0.1) is 11.6 Å². The van der Waals surface area contributed by atoms with Crippen molar-refractivity contribution in [3.05, 3.63) is 20.7 Å². The third kappa shape index (κ3) is 4.89. The topological polar surface area (TPSA) is 51.8 Å². The molecule has 0 aromatic carbocycles. The average Bonchev–Trinajstić information content (AvgIpc) is 3.30. The first-order chi connectivity index (χ1) is 9.93. The Morgan fingerprint density at radius 3 is 2.52 bits per heavy atom. The van der Waals surface area contributed by atoms with Crippen molar-refractivity contribution in [3.8, 4) is 0 Å². The molecule has 0 radical (unpaired) electrons. The number of aromatic nitrogens is 2. The Balaban J connectivity index is 0.000000262. The van der Waals surface area contributed by atoms with Crippen LogP contribution in [0.3, 0.4) is 0 Å². The van der Waals surface area contributed by atoms with Crippen LogP contribution in [0.15, 0.2) is 9.79 Å². The molecule has 2 heterocycles. The van der Waals surface area contributed by atoms with Gasteiger partial charge < -0.3 is 4.74 Å². The van der Waals surface area contributed by atoms with E-state index in [1.54, 1.807) is 27.2 Å². The van der Waals surface area contributed by atoms with Crippen molar-refractivity contribution in [1.29, 1.82) is 0 Å². The van der Waals surface area contributed by atoms with Gasteiger partial charge in [0.15, 0.2) is 0 Å². The van der Waals surface area contributed by atoms with Gasteiger partial charge >= 0.3 is 5.69 Å². The molecule has 1 aromatic heterocycles. The van der Waals surface area contributed by atoms with E-state index in [4.69, 9.17) is 17.0 Å². The maximum atomic E-state index is 11.6. The maximum absolute atomic E-state index is 11.6. The monoisotopic (exact) mass is 311 g/mol. The number of rotatable bonds is 4. The van der Waals surface area contributed by atoms with E-state index in [1.165, 1.54) is 28.4 Å². The normalized spacial score (nSPS) is 16.7. The first-order valence-electron chi connectivity index (χ1n) is 7.30. The summed E-state index contributed by atoms with van der Waals surface area (Å²) in [5.74, 6) is 0.626. The van der Waals surface area contributed by atoms with Crippen molar-refractivity contribution in [2.24, 2.45) is 19.1 Å². The van der Waals surface area contributed by atoms with Gasteiger partial charge in [-0.1, -0.05) is 32.0 Å². The second-order valence-corrected chi connectivity index (χ2v) is 5.53. The van der Waals surface area contributed by atoms with Gasteiger partial charge in [0.05, 0.1) is 12.7 Å². The molecule has 118 valence electrons. The molecule has 1 saturated heterocycles. The third-order valence-electron chi connectivity index (χ3n) is 3.39. The average molecular weight is 311 g/mol. The number of nitrogens with zero attached hydrogens (tertiary/aromatic N) is 3. The van der Waals surface area contributed by atoms with Crippen LogP contribution < -0.4 is 5.69 Å². The summed E-state index contributed by atoms with van der Waals surface area (Å²) in [6, 6.07) is 0. The Labute approximate surface area is 131 Å². The van der Waals surface area contributed by atoms with E-state index in [2.05, 4.69) is 11.9 Å². The standard InChI is InChI=1S/C9H13N3OS.C6H12O/c1-5-10-7-6(2)8(14)12(4)9(13)11(7)3;1-2-3-4-6-5-7-6/h5H,1-4H3;6H,2-5H2,1H3/b10-5-;. The Morgan fingerprint density at radius 2 is 2.05 bits per heavy atom. The Bertz CT molecular complexity index is 575. The van der Waals surface area contributed by atoms with Crippen LogP contribution in [0.5, 0.6) is 0 Å². The number of unbranched alkanes of at least 4 members (excludes halogenated alkanes) is 1. The number of epoxide rings is 1. The van der Waals surface area contributed by atoms with Crippen LogP contribution in [0.1, 0.15) is 38.7 Å². The first-order valence-corrected chi connectivity index (χ1v) is 7.71. The quantitative estimate of drug-likeness (QED) is 0.488. The Morgan fingerprint density at radius 1 is 1.43 bits per heavy atom. The van der Waals surface area contributed by atoms with E-state index < -0.39 is 0 Å². The van der Waals surface area contributed by atoms with Crippen molar-refractivity contribution in [1.82, 2.24) is 9.13 Å². The minimum absolute atomic E-state index is 0.152. The summed E-state index contributed by atoms with van der Waals surface area (Å²) in [7, 11) is 3.35. The summed E-state index contributed by atoms with van der Waals surface area (Å²) in [5.41, 5.74) is 0.698. The molecule has 0 N–H and O–H groups in total. The molecule has 2 rings (SSSR count). The summed E-state index contributed by atoms with van der Waals surface area (Å²) < 4.78 is 8.48. The van der Waals surface area contributed by atoms with Gasteiger partial charge in [0, 0.05) is 25.9 Å². The van der Waals surface area contributed by atoms with E-state index in [9.17, 15) is 4.79 Å². The summed E-state index contributed by atoms with van der Waals surface area (Å²) in [4.78, 5) is 15.7. The molecule has 1 atom stereocenters. The zero-order chi connectivity index (χ0) is 16.0. The second kappa shape index (κ2) is 8.24. The van der Waals surface area contributed by atoms with Crippen molar-refractivity contribution < 1.29 is 4.74 Å². The Hall–Kier alpha value is -1.27. The van der Waals surface area contributed by atoms with Gasteiger partial charge in [-0.25, -0.2) is 9.79 Å². The molecule has 1 unspecified atom stereocenters. The molecule has 1 aromatic rings. The SMILES string of the molecule is C/C=N\c1c(C)c(=S)n(C)c(=O)n1C.CCCCC1CO1. The smallest absolute Gasteiger partial charge is 0.330 e. The number of aliphatic imine (C=N–C) groups is 1. The van der Waals surface area contributed by atoms with Gasteiger partial charge in [-0.15, -0.1) is 0 Å². The summed E-state index contributed by atoms with van der Waals surface area (Å²) in [6.45, 7) is 6.91. The van der Waals surface area contributed by atoms with Crippen LogP contribution in [-0.4, -0.2) is 28.1 Å². The molecule has 6 heteroatoms. The van der Waals surface area contributed by atoms with Crippen molar-refractivity contribution in [2.45, 2.75) is 46.1 Å². The van der Waals surface area contributed by atoms with E-state index in [0.29, 0.717) is 16.6 Å².